The third kappa shape index (κ3) is 4.46. The van der Waals surface area contributed by atoms with Crippen LogP contribution in [-0.4, -0.2) is 46.1 Å². The van der Waals surface area contributed by atoms with Gasteiger partial charge in [0.2, 0.25) is 0 Å². The summed E-state index contributed by atoms with van der Waals surface area (Å²) in [6, 6.07) is 13.9. The highest BCUT2D eigenvalue weighted by Crippen LogP contribution is 2.35. The number of ether oxygens (including phenoxy) is 2. The van der Waals surface area contributed by atoms with Gasteiger partial charge in [0.25, 0.3) is 5.91 Å². The largest absolute Gasteiger partial charge is 0.486 e. The highest BCUT2D eigenvalue weighted by molar-refractivity contribution is 5.95. The molecule has 6 rings (SSSR count). The fourth-order valence-corrected chi connectivity index (χ4v) is 4.25. The number of imidazole rings is 1. The first-order chi connectivity index (χ1) is 17.5. The molecule has 1 saturated carbocycles. The minimum Gasteiger partial charge on any atom is -0.486 e. The summed E-state index contributed by atoms with van der Waals surface area (Å²) in [5.41, 5.74) is 5.04. The van der Waals surface area contributed by atoms with E-state index in [1.54, 1.807) is 0 Å². The van der Waals surface area contributed by atoms with Gasteiger partial charge in [-0.05, 0) is 49.1 Å². The molecular weight excluding hydrogens is 454 g/mol. The first-order valence-electron chi connectivity index (χ1n) is 12.5. The number of carbonyl (C=O) groups excluding carboxylic acids is 1. The first-order valence-corrected chi connectivity index (χ1v) is 12.5. The van der Waals surface area contributed by atoms with Crippen molar-refractivity contribution in [3.8, 4) is 34.0 Å². The molecule has 3 heterocycles. The van der Waals surface area contributed by atoms with Crippen molar-refractivity contribution in [2.45, 2.75) is 32.7 Å². The van der Waals surface area contributed by atoms with E-state index in [9.17, 15) is 4.79 Å². The van der Waals surface area contributed by atoms with Crippen molar-refractivity contribution in [1.82, 2.24) is 19.7 Å². The number of carbonyl (C=O) groups is 1. The number of hydrogen-bond acceptors (Lipinski definition) is 6. The summed E-state index contributed by atoms with van der Waals surface area (Å²) >= 11 is 0. The van der Waals surface area contributed by atoms with Crippen LogP contribution in [0.3, 0.4) is 0 Å². The van der Waals surface area contributed by atoms with Crippen molar-refractivity contribution < 1.29 is 14.3 Å². The molecule has 2 aromatic carbocycles. The number of nitrogens with zero attached hydrogens (tertiary/aromatic N) is 3. The van der Waals surface area contributed by atoms with Crippen LogP contribution >= 0.6 is 0 Å². The van der Waals surface area contributed by atoms with E-state index in [2.05, 4.69) is 28.9 Å². The van der Waals surface area contributed by atoms with Gasteiger partial charge in [-0.1, -0.05) is 26.0 Å². The summed E-state index contributed by atoms with van der Waals surface area (Å²) in [7, 11) is 0. The Labute approximate surface area is 209 Å². The second kappa shape index (κ2) is 9.18. The molecule has 0 saturated heterocycles. The van der Waals surface area contributed by atoms with Crippen LogP contribution in [0.5, 0.6) is 11.5 Å². The standard InChI is InChI=1S/C28H29N5O3/c1-17(2)14-29-26-27-30-15-23(18-3-5-19(6-4-18)28(34)31-21-8-9-21)33(27)16-22(32-26)20-7-10-24-25(13-20)36-12-11-35-24/h3-7,10,13,15-17,21H,8-9,11-12,14H2,1-2H3,(H,29,32)(H,31,34). The molecule has 2 aromatic heterocycles. The monoisotopic (exact) mass is 483 g/mol. The Bertz CT molecular complexity index is 1420. The maximum Gasteiger partial charge on any atom is 0.251 e. The molecule has 184 valence electrons. The summed E-state index contributed by atoms with van der Waals surface area (Å²) in [5.74, 6) is 2.63. The zero-order chi connectivity index (χ0) is 24.6. The van der Waals surface area contributed by atoms with Crippen molar-refractivity contribution in [2.75, 3.05) is 25.1 Å². The van der Waals surface area contributed by atoms with Gasteiger partial charge < -0.3 is 20.1 Å². The van der Waals surface area contributed by atoms with E-state index in [-0.39, 0.29) is 5.91 Å². The van der Waals surface area contributed by atoms with E-state index >= 15 is 0 Å². The lowest BCUT2D eigenvalue weighted by Crippen LogP contribution is -2.25. The summed E-state index contributed by atoms with van der Waals surface area (Å²) < 4.78 is 13.5. The summed E-state index contributed by atoms with van der Waals surface area (Å²) in [6.07, 6.45) is 5.99. The molecule has 2 N–H and O–H groups in total. The molecule has 0 radical (unpaired) electrons. The zero-order valence-corrected chi connectivity index (χ0v) is 20.5. The molecule has 0 bridgehead atoms. The van der Waals surface area contributed by atoms with Crippen molar-refractivity contribution in [2.24, 2.45) is 5.92 Å². The van der Waals surface area contributed by atoms with E-state index < -0.39 is 0 Å². The number of nitrogens with one attached hydrogen (secondary N) is 2. The van der Waals surface area contributed by atoms with Crippen LogP contribution in [0.15, 0.2) is 54.9 Å². The molecule has 0 atom stereocenters. The number of anilines is 1. The number of benzene rings is 2. The Morgan fingerprint density at radius 1 is 1.06 bits per heavy atom. The van der Waals surface area contributed by atoms with Gasteiger partial charge in [0.1, 0.15) is 13.2 Å². The number of rotatable bonds is 7. The number of amides is 1. The summed E-state index contributed by atoms with van der Waals surface area (Å²) in [4.78, 5) is 22.0. The molecular formula is C28H29N5O3. The quantitative estimate of drug-likeness (QED) is 0.393. The topological polar surface area (TPSA) is 89.8 Å². The van der Waals surface area contributed by atoms with Crippen LogP contribution in [0, 0.1) is 5.92 Å². The third-order valence-electron chi connectivity index (χ3n) is 6.36. The predicted molar refractivity (Wildman–Crippen MR) is 139 cm³/mol. The minimum atomic E-state index is -0.0209. The van der Waals surface area contributed by atoms with E-state index in [4.69, 9.17) is 19.4 Å². The Balaban J connectivity index is 1.40. The predicted octanol–water partition coefficient (Wildman–Crippen LogP) is 4.79. The van der Waals surface area contributed by atoms with E-state index in [1.165, 1.54) is 0 Å². The molecule has 1 aliphatic carbocycles. The molecule has 1 aliphatic heterocycles. The van der Waals surface area contributed by atoms with Crippen LogP contribution in [0.1, 0.15) is 37.0 Å². The summed E-state index contributed by atoms with van der Waals surface area (Å²) in [5, 5.41) is 6.51. The van der Waals surface area contributed by atoms with Crippen molar-refractivity contribution >= 4 is 17.4 Å². The molecule has 1 amide bonds. The second-order valence-corrected chi connectivity index (χ2v) is 9.77. The van der Waals surface area contributed by atoms with Gasteiger partial charge in [-0.25, -0.2) is 9.97 Å². The van der Waals surface area contributed by atoms with E-state index in [0.29, 0.717) is 30.7 Å². The minimum absolute atomic E-state index is 0.0209. The maximum atomic E-state index is 12.4. The van der Waals surface area contributed by atoms with Gasteiger partial charge in [-0.15, -0.1) is 0 Å². The molecule has 8 nitrogen and oxygen atoms in total. The first kappa shape index (κ1) is 22.4. The average Bonchev–Trinajstić information content (AvgIpc) is 3.61. The van der Waals surface area contributed by atoms with Crippen molar-refractivity contribution in [1.29, 1.82) is 0 Å². The van der Waals surface area contributed by atoms with Crippen LogP contribution in [0.25, 0.3) is 28.2 Å². The number of hydrogen-bond donors (Lipinski definition) is 2. The molecule has 0 spiro atoms. The molecule has 0 unspecified atom stereocenters. The lowest BCUT2D eigenvalue weighted by molar-refractivity contribution is 0.0951. The van der Waals surface area contributed by atoms with Gasteiger partial charge >= 0.3 is 0 Å². The average molecular weight is 484 g/mol. The van der Waals surface area contributed by atoms with Crippen molar-refractivity contribution in [3.63, 3.8) is 0 Å². The third-order valence-corrected chi connectivity index (χ3v) is 6.36. The Morgan fingerprint density at radius 3 is 2.56 bits per heavy atom. The van der Waals surface area contributed by atoms with E-state index in [1.807, 2.05) is 54.9 Å². The van der Waals surface area contributed by atoms with Gasteiger partial charge in [0.15, 0.2) is 23.0 Å². The lowest BCUT2D eigenvalue weighted by atomic mass is 10.1. The highest BCUT2D eigenvalue weighted by atomic mass is 16.6. The molecule has 4 aromatic rings. The highest BCUT2D eigenvalue weighted by Gasteiger charge is 2.24. The maximum absolute atomic E-state index is 12.4. The molecule has 2 aliphatic rings. The second-order valence-electron chi connectivity index (χ2n) is 9.77. The molecule has 1 fully saturated rings. The van der Waals surface area contributed by atoms with E-state index in [0.717, 1.165) is 64.9 Å². The van der Waals surface area contributed by atoms with Crippen LogP contribution in [0.4, 0.5) is 5.82 Å². The Morgan fingerprint density at radius 2 is 1.81 bits per heavy atom. The number of aromatic nitrogens is 3. The Hall–Kier alpha value is -4.07. The van der Waals surface area contributed by atoms with Gasteiger partial charge in [0, 0.05) is 35.5 Å². The van der Waals surface area contributed by atoms with Crippen molar-refractivity contribution in [3.05, 3.63) is 60.4 Å². The van der Waals surface area contributed by atoms with Gasteiger partial charge in [0.05, 0.1) is 17.6 Å². The number of fused-ring (bicyclic) bond motifs is 2. The Kier molecular flexibility index (Phi) is 5.71. The fourth-order valence-electron chi connectivity index (χ4n) is 4.25. The lowest BCUT2D eigenvalue weighted by Gasteiger charge is -2.19. The van der Waals surface area contributed by atoms with Crippen LogP contribution in [0.2, 0.25) is 0 Å². The fraction of sp³-hybridized carbons (Fsp3) is 0.321. The van der Waals surface area contributed by atoms with Crippen LogP contribution < -0.4 is 20.1 Å². The SMILES string of the molecule is CC(C)CNc1nc(-c2ccc3c(c2)OCCO3)cn2c(-c3ccc(C(=O)NC4CC4)cc3)cnc12. The normalized spacial score (nSPS) is 14.8. The van der Waals surface area contributed by atoms with Gasteiger partial charge in [-0.3, -0.25) is 9.20 Å². The molecule has 36 heavy (non-hydrogen) atoms. The zero-order valence-electron chi connectivity index (χ0n) is 20.5. The molecule has 8 heteroatoms. The smallest absolute Gasteiger partial charge is 0.251 e. The van der Waals surface area contributed by atoms with Crippen LogP contribution in [-0.2, 0) is 0 Å². The summed E-state index contributed by atoms with van der Waals surface area (Å²) in [6.45, 7) is 6.18. The van der Waals surface area contributed by atoms with Gasteiger partial charge in [-0.2, -0.15) is 0 Å².